The summed E-state index contributed by atoms with van der Waals surface area (Å²) in [6.45, 7) is 1.99. The highest BCUT2D eigenvalue weighted by Gasteiger charge is 2.40. The van der Waals surface area contributed by atoms with Gasteiger partial charge in [0.15, 0.2) is 0 Å². The van der Waals surface area contributed by atoms with Gasteiger partial charge in [-0.2, -0.15) is 0 Å². The molecule has 1 heterocycles. The average molecular weight is 341 g/mol. The first-order valence-electron chi connectivity index (χ1n) is 8.03. The minimum Gasteiger partial charge on any atom is -0.377 e. The van der Waals surface area contributed by atoms with Crippen molar-refractivity contribution in [2.75, 3.05) is 5.32 Å². The molecule has 24 heavy (non-hydrogen) atoms. The van der Waals surface area contributed by atoms with Crippen LogP contribution in [0.2, 0.25) is 5.02 Å². The SMILES string of the molecule is Cc1c(Cl)ccc2c1N[C@H](c1ccccc1[N+](=O)[O-])[C@@H]1CC=C[C@H]21. The number of hydrogen-bond acceptors (Lipinski definition) is 3. The molecule has 0 bridgehead atoms. The Morgan fingerprint density at radius 1 is 1.21 bits per heavy atom. The van der Waals surface area contributed by atoms with Gasteiger partial charge in [-0.15, -0.1) is 0 Å². The molecule has 4 nitrogen and oxygen atoms in total. The maximum absolute atomic E-state index is 11.5. The lowest BCUT2D eigenvalue weighted by Crippen LogP contribution is -2.30. The number of anilines is 1. The lowest BCUT2D eigenvalue weighted by Gasteiger charge is -2.38. The molecule has 3 atom stereocenters. The van der Waals surface area contributed by atoms with Crippen molar-refractivity contribution in [3.05, 3.63) is 80.4 Å². The molecule has 0 fully saturated rings. The Bertz CT molecular complexity index is 862. The molecule has 122 valence electrons. The maximum atomic E-state index is 11.5. The normalized spacial score (nSPS) is 24.2. The van der Waals surface area contributed by atoms with Crippen LogP contribution in [0, 0.1) is 23.0 Å². The van der Waals surface area contributed by atoms with Gasteiger partial charge in [-0.1, -0.05) is 48.0 Å². The van der Waals surface area contributed by atoms with E-state index in [0.717, 1.165) is 23.2 Å². The molecule has 2 aromatic rings. The summed E-state index contributed by atoms with van der Waals surface area (Å²) in [6.07, 6.45) is 5.31. The van der Waals surface area contributed by atoms with Crippen molar-refractivity contribution in [2.45, 2.75) is 25.3 Å². The second kappa shape index (κ2) is 5.64. The van der Waals surface area contributed by atoms with Crippen LogP contribution in [0.15, 0.2) is 48.6 Å². The molecule has 0 saturated heterocycles. The summed E-state index contributed by atoms with van der Waals surface area (Å²) in [4.78, 5) is 11.2. The standard InChI is InChI=1S/C19H17ClN2O2/c1-11-16(20)10-9-14-12-6-4-7-13(12)19(21-18(11)14)15-5-2-3-8-17(15)22(23)24/h2-6,8-10,12-13,19,21H,7H2,1H3/t12-,13+,19-/m0/s1. The van der Waals surface area contributed by atoms with Gasteiger partial charge in [0, 0.05) is 22.7 Å². The van der Waals surface area contributed by atoms with Crippen molar-refractivity contribution in [3.63, 3.8) is 0 Å². The van der Waals surface area contributed by atoms with Crippen molar-refractivity contribution < 1.29 is 4.92 Å². The number of rotatable bonds is 2. The molecule has 1 aliphatic carbocycles. The quantitative estimate of drug-likeness (QED) is 0.453. The zero-order valence-electron chi connectivity index (χ0n) is 13.2. The Balaban J connectivity index is 1.87. The summed E-state index contributed by atoms with van der Waals surface area (Å²) in [5, 5.41) is 15.7. The van der Waals surface area contributed by atoms with Crippen LogP contribution in [-0.2, 0) is 0 Å². The van der Waals surface area contributed by atoms with E-state index in [9.17, 15) is 10.1 Å². The van der Waals surface area contributed by atoms with Gasteiger partial charge in [0.25, 0.3) is 5.69 Å². The van der Waals surface area contributed by atoms with Crippen LogP contribution in [0.1, 0.15) is 35.1 Å². The van der Waals surface area contributed by atoms with E-state index in [2.05, 4.69) is 23.5 Å². The molecule has 1 aliphatic heterocycles. The van der Waals surface area contributed by atoms with E-state index in [1.165, 1.54) is 5.56 Å². The summed E-state index contributed by atoms with van der Waals surface area (Å²) in [5.74, 6) is 0.543. The van der Waals surface area contributed by atoms with Crippen molar-refractivity contribution >= 4 is 23.0 Å². The number of hydrogen-bond donors (Lipinski definition) is 1. The summed E-state index contributed by atoms with van der Waals surface area (Å²) < 4.78 is 0. The van der Waals surface area contributed by atoms with Crippen molar-refractivity contribution in [3.8, 4) is 0 Å². The predicted octanol–water partition coefficient (Wildman–Crippen LogP) is 5.38. The predicted molar refractivity (Wildman–Crippen MR) is 95.6 cm³/mol. The smallest absolute Gasteiger partial charge is 0.274 e. The molecule has 0 amide bonds. The summed E-state index contributed by atoms with van der Waals surface area (Å²) in [5.41, 5.74) is 4.15. The minimum atomic E-state index is -0.297. The maximum Gasteiger partial charge on any atom is 0.274 e. The van der Waals surface area contributed by atoms with Crippen LogP contribution >= 0.6 is 11.6 Å². The number of nitrogens with zero attached hydrogens (tertiary/aromatic N) is 1. The third kappa shape index (κ3) is 2.21. The van der Waals surface area contributed by atoms with E-state index >= 15 is 0 Å². The Morgan fingerprint density at radius 3 is 2.79 bits per heavy atom. The van der Waals surface area contributed by atoms with Crippen LogP contribution < -0.4 is 5.32 Å². The highest BCUT2D eigenvalue weighted by Crippen LogP contribution is 2.52. The highest BCUT2D eigenvalue weighted by molar-refractivity contribution is 6.31. The number of nitro groups is 1. The Labute approximate surface area is 145 Å². The number of benzene rings is 2. The molecular weight excluding hydrogens is 324 g/mol. The lowest BCUT2D eigenvalue weighted by atomic mass is 9.76. The number of para-hydroxylation sites is 1. The second-order valence-corrected chi connectivity index (χ2v) is 6.84. The van der Waals surface area contributed by atoms with E-state index in [-0.39, 0.29) is 28.5 Å². The Kier molecular flexibility index (Phi) is 3.57. The molecule has 2 aliphatic rings. The van der Waals surface area contributed by atoms with Crippen LogP contribution in [-0.4, -0.2) is 4.92 Å². The fraction of sp³-hybridized carbons (Fsp3) is 0.263. The molecule has 0 spiro atoms. The molecule has 0 unspecified atom stereocenters. The molecule has 0 saturated carbocycles. The third-order valence-electron chi connectivity index (χ3n) is 5.20. The summed E-state index contributed by atoms with van der Waals surface area (Å²) in [7, 11) is 0. The van der Waals surface area contributed by atoms with Crippen LogP contribution in [0.5, 0.6) is 0 Å². The topological polar surface area (TPSA) is 55.2 Å². The van der Waals surface area contributed by atoms with Crippen LogP contribution in [0.4, 0.5) is 11.4 Å². The molecule has 5 heteroatoms. The fourth-order valence-corrected chi connectivity index (χ4v) is 4.17. The number of nitrogens with one attached hydrogen (secondary N) is 1. The van der Waals surface area contributed by atoms with E-state index in [4.69, 9.17) is 11.6 Å². The van der Waals surface area contributed by atoms with E-state index in [1.54, 1.807) is 12.1 Å². The zero-order valence-corrected chi connectivity index (χ0v) is 14.0. The lowest BCUT2D eigenvalue weighted by molar-refractivity contribution is -0.385. The van der Waals surface area contributed by atoms with E-state index in [0.29, 0.717) is 5.02 Å². The molecule has 0 aromatic heterocycles. The first-order valence-corrected chi connectivity index (χ1v) is 8.41. The van der Waals surface area contributed by atoms with Crippen LogP contribution in [0.25, 0.3) is 0 Å². The first kappa shape index (κ1) is 15.2. The molecule has 1 N–H and O–H groups in total. The molecule has 0 radical (unpaired) electrons. The zero-order chi connectivity index (χ0) is 16.8. The molecule has 4 rings (SSSR count). The van der Waals surface area contributed by atoms with Crippen molar-refractivity contribution in [2.24, 2.45) is 5.92 Å². The van der Waals surface area contributed by atoms with Gasteiger partial charge < -0.3 is 5.32 Å². The van der Waals surface area contributed by atoms with Crippen LogP contribution in [0.3, 0.4) is 0 Å². The molecule has 2 aromatic carbocycles. The summed E-state index contributed by atoms with van der Waals surface area (Å²) in [6, 6.07) is 10.9. The number of fused-ring (bicyclic) bond motifs is 3. The van der Waals surface area contributed by atoms with Crippen molar-refractivity contribution in [1.82, 2.24) is 0 Å². The highest BCUT2D eigenvalue weighted by atomic mass is 35.5. The van der Waals surface area contributed by atoms with Gasteiger partial charge in [-0.3, -0.25) is 10.1 Å². The average Bonchev–Trinajstić information content (AvgIpc) is 3.07. The summed E-state index contributed by atoms with van der Waals surface area (Å²) >= 11 is 6.30. The van der Waals surface area contributed by atoms with Gasteiger partial charge in [0.05, 0.1) is 16.5 Å². The van der Waals surface area contributed by atoms with Gasteiger partial charge in [-0.05, 0) is 36.5 Å². The molecular formula is C19H17ClN2O2. The van der Waals surface area contributed by atoms with Gasteiger partial charge in [0.1, 0.15) is 0 Å². The van der Waals surface area contributed by atoms with Gasteiger partial charge >= 0.3 is 0 Å². The Hall–Kier alpha value is -2.33. The largest absolute Gasteiger partial charge is 0.377 e. The third-order valence-corrected chi connectivity index (χ3v) is 5.61. The van der Waals surface area contributed by atoms with E-state index < -0.39 is 0 Å². The van der Waals surface area contributed by atoms with Crippen molar-refractivity contribution in [1.29, 1.82) is 0 Å². The number of nitro benzene ring substituents is 1. The first-order chi connectivity index (χ1) is 11.6. The Morgan fingerprint density at radius 2 is 2.00 bits per heavy atom. The number of allylic oxidation sites excluding steroid dienone is 2. The van der Waals surface area contributed by atoms with Gasteiger partial charge in [0.2, 0.25) is 0 Å². The minimum absolute atomic E-state index is 0.101. The number of halogens is 1. The second-order valence-electron chi connectivity index (χ2n) is 6.43. The van der Waals surface area contributed by atoms with E-state index in [1.807, 2.05) is 25.1 Å². The van der Waals surface area contributed by atoms with Gasteiger partial charge in [-0.25, -0.2) is 0 Å². The fourth-order valence-electron chi connectivity index (χ4n) is 4.01. The monoisotopic (exact) mass is 340 g/mol.